The molecule has 3 unspecified atom stereocenters. The second kappa shape index (κ2) is 29.5. The summed E-state index contributed by atoms with van der Waals surface area (Å²) >= 11 is 3.48. The molecule has 3 aromatic rings. The molecule has 6 rings (SSSR count). The maximum absolute atomic E-state index is 12.0. The van der Waals surface area contributed by atoms with E-state index in [9.17, 15) is 14.7 Å². The van der Waals surface area contributed by atoms with Crippen molar-refractivity contribution in [2.75, 3.05) is 39.3 Å². The van der Waals surface area contributed by atoms with Gasteiger partial charge in [0.1, 0.15) is 11.2 Å². The van der Waals surface area contributed by atoms with E-state index in [-0.39, 0.29) is 61.4 Å². The Hall–Kier alpha value is -2.90. The van der Waals surface area contributed by atoms with E-state index in [1.165, 1.54) is 16.7 Å². The summed E-state index contributed by atoms with van der Waals surface area (Å²) in [5.41, 5.74) is 2.92. The highest BCUT2D eigenvalue weighted by Crippen LogP contribution is 2.25. The molecular weight excluding hydrogens is 893 g/mol. The summed E-state index contributed by atoms with van der Waals surface area (Å²) in [5.74, 6) is 0. The molecule has 13 heteroatoms. The molecule has 0 saturated carbocycles. The van der Waals surface area contributed by atoms with Gasteiger partial charge in [0.2, 0.25) is 0 Å². The highest BCUT2D eigenvalue weighted by molar-refractivity contribution is 9.09. The zero-order chi connectivity index (χ0) is 44.1. The largest absolute Gasteiger partial charge is 0.444 e. The molecule has 3 saturated heterocycles. The first-order valence-electron chi connectivity index (χ1n) is 21.8. The fourth-order valence-corrected chi connectivity index (χ4v) is 7.01. The van der Waals surface area contributed by atoms with Gasteiger partial charge in [-0.25, -0.2) is 9.59 Å². The number of halogens is 3. The first-order valence-corrected chi connectivity index (χ1v) is 22.8. The molecule has 0 aliphatic carbocycles. The Morgan fingerprint density at radius 1 is 0.581 bits per heavy atom. The third kappa shape index (κ3) is 23.7. The fourth-order valence-electron chi connectivity index (χ4n) is 6.71. The van der Waals surface area contributed by atoms with Gasteiger partial charge in [-0.15, -0.1) is 24.8 Å². The quantitative estimate of drug-likeness (QED) is 0.225. The average molecular weight is 970 g/mol. The van der Waals surface area contributed by atoms with Crippen molar-refractivity contribution < 1.29 is 33.6 Å². The Morgan fingerprint density at radius 3 is 1.23 bits per heavy atom. The molecular formula is C49H76BrCl2N3O7. The van der Waals surface area contributed by atoms with Crippen LogP contribution in [0.5, 0.6) is 0 Å². The van der Waals surface area contributed by atoms with Crippen molar-refractivity contribution in [3.63, 3.8) is 0 Å². The summed E-state index contributed by atoms with van der Waals surface area (Å²) in [6, 6.07) is 31.0. The molecule has 3 atom stereocenters. The molecule has 2 amide bonds. The highest BCUT2D eigenvalue weighted by atomic mass is 79.9. The van der Waals surface area contributed by atoms with Crippen molar-refractivity contribution in [3.05, 3.63) is 108 Å². The number of alkyl halides is 1. The number of rotatable bonds is 7. The molecule has 3 aliphatic rings. The number of benzene rings is 3. The number of hydrogen-bond acceptors (Lipinski definition) is 8. The van der Waals surface area contributed by atoms with Crippen molar-refractivity contribution in [2.24, 2.45) is 0 Å². The molecule has 3 fully saturated rings. The number of likely N-dealkylation sites (tertiary alicyclic amines) is 2. The van der Waals surface area contributed by atoms with Gasteiger partial charge in [-0.05, 0) is 131 Å². The number of nitrogens with one attached hydrogen (secondary N) is 1. The number of carbonyl (C=O) groups excluding carboxylic acids is 2. The average Bonchev–Trinajstić information content (AvgIpc) is 3.22. The second-order valence-electron chi connectivity index (χ2n) is 17.7. The predicted molar refractivity (Wildman–Crippen MR) is 260 cm³/mol. The van der Waals surface area contributed by atoms with E-state index in [4.69, 9.17) is 18.9 Å². The van der Waals surface area contributed by atoms with Gasteiger partial charge in [0.15, 0.2) is 0 Å². The number of ether oxygens (including phenoxy) is 4. The zero-order valence-electron chi connectivity index (χ0n) is 38.6. The Kier molecular flexibility index (Phi) is 27.2. The molecule has 0 radical (unpaired) electrons. The molecule has 3 aliphatic heterocycles. The summed E-state index contributed by atoms with van der Waals surface area (Å²) in [6.07, 6.45) is 5.48. The molecule has 2 N–H and O–H groups in total. The molecule has 0 spiro atoms. The minimum Gasteiger partial charge on any atom is -0.444 e. The van der Waals surface area contributed by atoms with Crippen LogP contribution < -0.4 is 5.32 Å². The van der Waals surface area contributed by atoms with Crippen LogP contribution in [0, 0.1) is 0 Å². The van der Waals surface area contributed by atoms with Crippen LogP contribution in [0.25, 0.3) is 0 Å². The van der Waals surface area contributed by atoms with Gasteiger partial charge >= 0.3 is 12.2 Å². The summed E-state index contributed by atoms with van der Waals surface area (Å²) in [7, 11) is 0. The molecule has 3 aromatic carbocycles. The lowest BCUT2D eigenvalue weighted by atomic mass is 10.1. The van der Waals surface area contributed by atoms with Crippen LogP contribution in [0.1, 0.15) is 135 Å². The molecule has 62 heavy (non-hydrogen) atoms. The molecule has 0 bridgehead atoms. The van der Waals surface area contributed by atoms with Crippen LogP contribution >= 0.6 is 40.7 Å². The molecule has 3 heterocycles. The third-order valence-corrected chi connectivity index (χ3v) is 10.6. The standard InChI is InChI=1S/C18H27NO3.C13H19NO.C10H19NO3.C8H9Br.2ClH/c1-14(15-8-6-5-7-9-15)21-16-10-12-19(13-11-16)17(20)22-18(2,3)4;1-11(12-5-3-2-4-6-12)15-13-7-9-14-10-8-13;1-10(2,3)14-9(13)11-6-4-8(12)5-7-11;1-7(9)8-5-3-2-4-6-8;;/h5-9,14,16H,10-13H2,1-4H3;2-6,11,13-14H,7-10H2,1H3;8,12H,4-7H2,1-3H3;2-7H,1H3;2*1H. The monoisotopic (exact) mass is 967 g/mol. The summed E-state index contributed by atoms with van der Waals surface area (Å²) in [4.78, 5) is 27.5. The van der Waals surface area contributed by atoms with E-state index in [2.05, 4.69) is 90.5 Å². The number of amides is 2. The smallest absolute Gasteiger partial charge is 0.410 e. The minimum absolute atomic E-state index is 0. The van der Waals surface area contributed by atoms with Crippen molar-refractivity contribution in [2.45, 2.75) is 147 Å². The maximum atomic E-state index is 12.0. The van der Waals surface area contributed by atoms with E-state index in [0.29, 0.717) is 50.0 Å². The Morgan fingerprint density at radius 2 is 0.903 bits per heavy atom. The van der Waals surface area contributed by atoms with Crippen molar-refractivity contribution in [1.29, 1.82) is 0 Å². The SMILES string of the molecule is CC(Br)c1ccccc1.CC(C)(C)OC(=O)N1CCC(O)CC1.CC(OC1CCN(C(=O)OC(C)(C)C)CC1)c1ccccc1.CC(OC1CCNCC1)c1ccccc1.Cl.Cl. The van der Waals surface area contributed by atoms with E-state index in [0.717, 1.165) is 38.8 Å². The number of aliphatic hydroxyl groups is 1. The van der Waals surface area contributed by atoms with Crippen LogP contribution in [-0.2, 0) is 18.9 Å². The zero-order valence-corrected chi connectivity index (χ0v) is 41.8. The van der Waals surface area contributed by atoms with E-state index < -0.39 is 11.2 Å². The summed E-state index contributed by atoms with van der Waals surface area (Å²) in [5, 5.41) is 12.6. The number of piperidine rings is 3. The normalized spacial score (nSPS) is 17.6. The Bertz CT molecular complexity index is 1610. The molecule has 0 aromatic heterocycles. The number of nitrogens with zero attached hydrogens (tertiary/aromatic N) is 2. The van der Waals surface area contributed by atoms with Crippen LogP contribution in [0.4, 0.5) is 9.59 Å². The van der Waals surface area contributed by atoms with Gasteiger partial charge in [-0.1, -0.05) is 107 Å². The van der Waals surface area contributed by atoms with Gasteiger partial charge in [-0.3, -0.25) is 0 Å². The number of aliphatic hydroxyl groups excluding tert-OH is 1. The fraction of sp³-hybridized carbons (Fsp3) is 0.592. The van der Waals surface area contributed by atoms with E-state index >= 15 is 0 Å². The Balaban J connectivity index is 0.000000427. The van der Waals surface area contributed by atoms with Gasteiger partial charge in [0.05, 0.1) is 30.5 Å². The predicted octanol–water partition coefficient (Wildman–Crippen LogP) is 12.0. The van der Waals surface area contributed by atoms with Crippen molar-refractivity contribution in [1.82, 2.24) is 15.1 Å². The maximum Gasteiger partial charge on any atom is 0.410 e. The molecule has 10 nitrogen and oxygen atoms in total. The lowest BCUT2D eigenvalue weighted by molar-refractivity contribution is -0.0410. The van der Waals surface area contributed by atoms with E-state index in [1.54, 1.807) is 9.80 Å². The van der Waals surface area contributed by atoms with Gasteiger partial charge in [0, 0.05) is 31.0 Å². The summed E-state index contributed by atoms with van der Waals surface area (Å²) < 4.78 is 22.8. The first-order chi connectivity index (χ1) is 28.4. The first kappa shape index (κ1) is 57.1. The van der Waals surface area contributed by atoms with Gasteiger partial charge < -0.3 is 39.2 Å². The van der Waals surface area contributed by atoms with Crippen molar-refractivity contribution >= 4 is 52.9 Å². The highest BCUT2D eigenvalue weighted by Gasteiger charge is 2.28. The second-order valence-corrected chi connectivity index (χ2v) is 19.1. The Labute approximate surface area is 394 Å². The van der Waals surface area contributed by atoms with E-state index in [1.807, 2.05) is 84.0 Å². The van der Waals surface area contributed by atoms with Gasteiger partial charge in [-0.2, -0.15) is 0 Å². The number of hydrogen-bond donors (Lipinski definition) is 2. The molecule has 350 valence electrons. The summed E-state index contributed by atoms with van der Waals surface area (Å²) in [6.45, 7) is 22.3. The topological polar surface area (TPSA) is 110 Å². The third-order valence-electron chi connectivity index (χ3n) is 10.1. The van der Waals surface area contributed by atoms with Crippen LogP contribution in [0.2, 0.25) is 0 Å². The minimum atomic E-state index is -0.438. The van der Waals surface area contributed by atoms with Crippen LogP contribution in [-0.4, -0.2) is 95.9 Å². The lowest BCUT2D eigenvalue weighted by Gasteiger charge is -2.34. The lowest BCUT2D eigenvalue weighted by Crippen LogP contribution is -2.43. The van der Waals surface area contributed by atoms with Gasteiger partial charge in [0.25, 0.3) is 0 Å². The number of carbonyl (C=O) groups is 2. The van der Waals surface area contributed by atoms with Crippen molar-refractivity contribution in [3.8, 4) is 0 Å². The van der Waals surface area contributed by atoms with Crippen LogP contribution in [0.15, 0.2) is 91.0 Å². The van der Waals surface area contributed by atoms with Crippen LogP contribution in [0.3, 0.4) is 0 Å².